The average Bonchev–Trinajstić information content (AvgIpc) is 2.62. The zero-order chi connectivity index (χ0) is 19.7. The first-order valence-corrected chi connectivity index (χ1v) is 8.70. The lowest BCUT2D eigenvalue weighted by Gasteiger charge is -2.29. The van der Waals surface area contributed by atoms with Gasteiger partial charge in [-0.05, 0) is 30.7 Å². The van der Waals surface area contributed by atoms with Crippen LogP contribution in [-0.4, -0.2) is 28.0 Å². The molecule has 0 radical (unpaired) electrons. The van der Waals surface area contributed by atoms with Gasteiger partial charge in [0.1, 0.15) is 0 Å². The molecule has 0 saturated carbocycles. The van der Waals surface area contributed by atoms with Crippen LogP contribution in [-0.2, 0) is 0 Å². The maximum atomic E-state index is 14.3. The van der Waals surface area contributed by atoms with Gasteiger partial charge in [-0.2, -0.15) is 4.39 Å². The highest BCUT2D eigenvalue weighted by Crippen LogP contribution is 2.33. The van der Waals surface area contributed by atoms with E-state index in [9.17, 15) is 14.3 Å². The van der Waals surface area contributed by atoms with Gasteiger partial charge in [-0.25, -0.2) is 9.69 Å². The number of nitrogens with zero attached hydrogens (tertiary/aromatic N) is 2. The van der Waals surface area contributed by atoms with Gasteiger partial charge in [-0.15, -0.1) is 0 Å². The molecule has 0 saturated heterocycles. The molecule has 1 aliphatic heterocycles. The standard InChI is InChI=1S/C19H16Cl2FN3O2/c1-11-18(26)24(2)10-17(22)25(11)19(27)23-16-6-4-3-5-13(16)12-7-8-14(20)15(21)9-12/h3-10,26H,1-2H3,(H,23,27). The summed E-state index contributed by atoms with van der Waals surface area (Å²) in [5.41, 5.74) is 1.96. The molecule has 2 aromatic carbocycles. The van der Waals surface area contributed by atoms with E-state index in [-0.39, 0.29) is 11.6 Å². The fourth-order valence-electron chi connectivity index (χ4n) is 2.72. The number of hydrogen-bond acceptors (Lipinski definition) is 3. The Morgan fingerprint density at radius 3 is 2.56 bits per heavy atom. The van der Waals surface area contributed by atoms with Gasteiger partial charge in [0.15, 0.2) is 0 Å². The molecule has 8 heteroatoms. The SMILES string of the molecule is CC1=C(O)N(C)C=C(F)N1C(=O)Nc1ccccc1-c1ccc(Cl)c(Cl)c1. The molecule has 5 nitrogen and oxygen atoms in total. The molecule has 1 heterocycles. The lowest BCUT2D eigenvalue weighted by atomic mass is 10.0. The van der Waals surface area contributed by atoms with Crippen molar-refractivity contribution in [2.75, 3.05) is 12.4 Å². The minimum Gasteiger partial charge on any atom is -0.493 e. The summed E-state index contributed by atoms with van der Waals surface area (Å²) in [4.78, 5) is 14.6. The fourth-order valence-corrected chi connectivity index (χ4v) is 3.02. The lowest BCUT2D eigenvalue weighted by Crippen LogP contribution is -2.37. The number of para-hydroxylation sites is 1. The Kier molecular flexibility index (Phi) is 5.30. The highest BCUT2D eigenvalue weighted by molar-refractivity contribution is 6.42. The van der Waals surface area contributed by atoms with Crippen LogP contribution in [0.2, 0.25) is 10.0 Å². The summed E-state index contributed by atoms with van der Waals surface area (Å²) < 4.78 is 14.3. The summed E-state index contributed by atoms with van der Waals surface area (Å²) in [6, 6.07) is 11.4. The van der Waals surface area contributed by atoms with Crippen LogP contribution in [0, 0.1) is 0 Å². The number of nitrogens with one attached hydrogen (secondary N) is 1. The smallest absolute Gasteiger partial charge is 0.332 e. The molecule has 0 fully saturated rings. The predicted octanol–water partition coefficient (Wildman–Crippen LogP) is 5.96. The van der Waals surface area contributed by atoms with Crippen LogP contribution < -0.4 is 5.32 Å². The molecule has 0 spiro atoms. The Morgan fingerprint density at radius 1 is 1.15 bits per heavy atom. The molecular formula is C19H16Cl2FN3O2. The minimum atomic E-state index is -0.808. The maximum absolute atomic E-state index is 14.3. The van der Waals surface area contributed by atoms with E-state index in [1.165, 1.54) is 18.9 Å². The Morgan fingerprint density at radius 2 is 1.85 bits per heavy atom. The molecular weight excluding hydrogens is 392 g/mol. The molecule has 0 aliphatic carbocycles. The number of allylic oxidation sites excluding steroid dienone is 1. The molecule has 3 rings (SSSR count). The minimum absolute atomic E-state index is 0.0713. The summed E-state index contributed by atoms with van der Waals surface area (Å²) in [6.45, 7) is 1.45. The van der Waals surface area contributed by atoms with Crippen LogP contribution in [0.5, 0.6) is 0 Å². The van der Waals surface area contributed by atoms with Crippen LogP contribution in [0.4, 0.5) is 14.9 Å². The number of benzene rings is 2. The number of rotatable bonds is 2. The second-order valence-corrected chi connectivity index (χ2v) is 6.73. The van der Waals surface area contributed by atoms with E-state index in [0.717, 1.165) is 16.7 Å². The predicted molar refractivity (Wildman–Crippen MR) is 105 cm³/mol. The number of amides is 2. The summed E-state index contributed by atoms with van der Waals surface area (Å²) in [5, 5.41) is 13.5. The lowest BCUT2D eigenvalue weighted by molar-refractivity contribution is 0.195. The number of carbonyl (C=O) groups excluding carboxylic acids is 1. The summed E-state index contributed by atoms with van der Waals surface area (Å²) >= 11 is 12.1. The molecule has 1 aliphatic rings. The van der Waals surface area contributed by atoms with E-state index in [2.05, 4.69) is 5.32 Å². The molecule has 140 valence electrons. The second kappa shape index (κ2) is 7.50. The third-order valence-electron chi connectivity index (χ3n) is 4.11. The van der Waals surface area contributed by atoms with E-state index in [1.54, 1.807) is 42.5 Å². The molecule has 2 amide bonds. The monoisotopic (exact) mass is 407 g/mol. The fraction of sp³-hybridized carbons (Fsp3) is 0.105. The van der Waals surface area contributed by atoms with Crippen LogP contribution in [0.1, 0.15) is 6.92 Å². The molecule has 0 bridgehead atoms. The van der Waals surface area contributed by atoms with Crippen molar-refractivity contribution in [1.29, 1.82) is 0 Å². The van der Waals surface area contributed by atoms with Crippen molar-refractivity contribution in [3.63, 3.8) is 0 Å². The van der Waals surface area contributed by atoms with E-state index < -0.39 is 12.0 Å². The van der Waals surface area contributed by atoms with Crippen molar-refractivity contribution < 1.29 is 14.3 Å². The van der Waals surface area contributed by atoms with E-state index in [0.29, 0.717) is 21.3 Å². The first kappa shape index (κ1) is 19.1. The number of aliphatic hydroxyl groups excluding tert-OH is 1. The molecule has 0 aromatic heterocycles. The van der Waals surface area contributed by atoms with Crippen molar-refractivity contribution in [2.45, 2.75) is 6.92 Å². The Bertz CT molecular complexity index is 975. The molecule has 27 heavy (non-hydrogen) atoms. The van der Waals surface area contributed by atoms with Crippen molar-refractivity contribution >= 4 is 34.9 Å². The second-order valence-electron chi connectivity index (χ2n) is 5.91. The van der Waals surface area contributed by atoms with Crippen molar-refractivity contribution in [1.82, 2.24) is 9.80 Å². The maximum Gasteiger partial charge on any atom is 0.332 e. The number of carbonyl (C=O) groups is 1. The van der Waals surface area contributed by atoms with Gasteiger partial charge >= 0.3 is 6.03 Å². The number of hydrogen-bond donors (Lipinski definition) is 2. The van der Waals surface area contributed by atoms with Gasteiger partial charge in [0.2, 0.25) is 11.8 Å². The van der Waals surface area contributed by atoms with Gasteiger partial charge in [-0.1, -0.05) is 47.5 Å². The van der Waals surface area contributed by atoms with Crippen LogP contribution in [0.3, 0.4) is 0 Å². The van der Waals surface area contributed by atoms with Crippen molar-refractivity contribution in [3.8, 4) is 11.1 Å². The molecule has 0 unspecified atom stereocenters. The van der Waals surface area contributed by atoms with Crippen LogP contribution in [0.15, 0.2) is 66.2 Å². The number of aliphatic hydroxyl groups is 1. The summed E-state index contributed by atoms with van der Waals surface area (Å²) in [6.07, 6.45) is 1.02. The number of urea groups is 1. The average molecular weight is 408 g/mol. The zero-order valence-corrected chi connectivity index (χ0v) is 16.0. The molecule has 0 atom stereocenters. The number of halogens is 3. The topological polar surface area (TPSA) is 55.8 Å². The third-order valence-corrected chi connectivity index (χ3v) is 4.85. The normalized spacial score (nSPS) is 14.3. The third kappa shape index (κ3) is 3.72. The van der Waals surface area contributed by atoms with Gasteiger partial charge in [0.25, 0.3) is 0 Å². The van der Waals surface area contributed by atoms with Crippen LogP contribution >= 0.6 is 23.2 Å². The van der Waals surface area contributed by atoms with E-state index in [4.69, 9.17) is 23.2 Å². The zero-order valence-electron chi connectivity index (χ0n) is 14.5. The molecule has 2 N–H and O–H groups in total. The van der Waals surface area contributed by atoms with Gasteiger partial charge in [0, 0.05) is 12.6 Å². The van der Waals surface area contributed by atoms with Crippen LogP contribution in [0.25, 0.3) is 11.1 Å². The van der Waals surface area contributed by atoms with Gasteiger partial charge in [-0.3, -0.25) is 0 Å². The largest absolute Gasteiger partial charge is 0.493 e. The van der Waals surface area contributed by atoms with Gasteiger partial charge < -0.3 is 15.3 Å². The van der Waals surface area contributed by atoms with E-state index in [1.807, 2.05) is 0 Å². The summed E-state index contributed by atoms with van der Waals surface area (Å²) in [5.74, 6) is -1.03. The van der Waals surface area contributed by atoms with Gasteiger partial charge in [0.05, 0.1) is 27.6 Å². The van der Waals surface area contributed by atoms with E-state index >= 15 is 0 Å². The first-order chi connectivity index (χ1) is 12.8. The van der Waals surface area contributed by atoms with Crippen molar-refractivity contribution in [3.05, 3.63) is 76.2 Å². The molecule has 2 aromatic rings. The highest BCUT2D eigenvalue weighted by Gasteiger charge is 2.28. The Balaban J connectivity index is 1.94. The quantitative estimate of drug-likeness (QED) is 0.604. The number of anilines is 1. The summed E-state index contributed by atoms with van der Waals surface area (Å²) in [7, 11) is 1.48. The highest BCUT2D eigenvalue weighted by atomic mass is 35.5. The Labute approximate surface area is 165 Å². The Hall–Kier alpha value is -2.70. The van der Waals surface area contributed by atoms with Crippen molar-refractivity contribution in [2.24, 2.45) is 0 Å². The first-order valence-electron chi connectivity index (χ1n) is 7.95.